The van der Waals surface area contributed by atoms with Crippen LogP contribution < -0.4 is 5.43 Å². The van der Waals surface area contributed by atoms with Crippen molar-refractivity contribution in [3.63, 3.8) is 0 Å². The summed E-state index contributed by atoms with van der Waals surface area (Å²) >= 11 is 12.3. The van der Waals surface area contributed by atoms with Crippen LogP contribution >= 0.6 is 23.2 Å². The van der Waals surface area contributed by atoms with Crippen molar-refractivity contribution in [2.45, 2.75) is 0 Å². The number of aromatic nitrogens is 4. The minimum Gasteiger partial charge on any atom is -0.259 e. The van der Waals surface area contributed by atoms with Crippen LogP contribution in [-0.2, 0) is 0 Å². The molecule has 0 aliphatic carbocycles. The van der Waals surface area contributed by atoms with E-state index >= 15 is 0 Å². The van der Waals surface area contributed by atoms with Gasteiger partial charge in [0.2, 0.25) is 0 Å². The Kier molecular flexibility index (Phi) is 3.76. The van der Waals surface area contributed by atoms with Gasteiger partial charge in [-0.25, -0.2) is 0 Å². The van der Waals surface area contributed by atoms with Gasteiger partial charge in [-0.15, -0.1) is 15.3 Å². The van der Waals surface area contributed by atoms with Crippen molar-refractivity contribution in [3.05, 3.63) is 64.4 Å². The summed E-state index contributed by atoms with van der Waals surface area (Å²) in [5, 5.41) is 19.5. The average Bonchev–Trinajstić information content (AvgIpc) is 3.06. The van der Waals surface area contributed by atoms with E-state index in [1.807, 2.05) is 24.3 Å². The Morgan fingerprint density at radius 2 is 1.75 bits per heavy atom. The molecule has 0 unspecified atom stereocenters. The summed E-state index contributed by atoms with van der Waals surface area (Å²) in [7, 11) is 0. The highest BCUT2D eigenvalue weighted by molar-refractivity contribution is 6.38. The number of hydrazone groups is 1. The maximum atomic E-state index is 6.13. The smallest absolute Gasteiger partial charge is 0.185 e. The van der Waals surface area contributed by atoms with E-state index in [0.29, 0.717) is 27.1 Å². The predicted molar refractivity (Wildman–Crippen MR) is 96.0 cm³/mol. The number of nitrogens with zero attached hydrogens (tertiary/aromatic N) is 5. The first-order chi connectivity index (χ1) is 11.7. The molecule has 2 aromatic heterocycles. The maximum absolute atomic E-state index is 6.13. The molecule has 0 saturated heterocycles. The van der Waals surface area contributed by atoms with Gasteiger partial charge in [-0.2, -0.15) is 9.62 Å². The van der Waals surface area contributed by atoms with Crippen LogP contribution in [-0.4, -0.2) is 26.0 Å². The van der Waals surface area contributed by atoms with Gasteiger partial charge in [0.25, 0.3) is 0 Å². The van der Waals surface area contributed by atoms with Crippen LogP contribution in [0, 0.1) is 0 Å². The summed E-state index contributed by atoms with van der Waals surface area (Å²) in [6.45, 7) is 0. The summed E-state index contributed by atoms with van der Waals surface area (Å²) in [5.74, 6) is 0.581. The Morgan fingerprint density at radius 3 is 2.54 bits per heavy atom. The van der Waals surface area contributed by atoms with Gasteiger partial charge in [0.15, 0.2) is 11.5 Å². The van der Waals surface area contributed by atoms with Crippen LogP contribution in [0.2, 0.25) is 10.0 Å². The number of rotatable bonds is 3. The predicted octanol–water partition coefficient (Wildman–Crippen LogP) is 4.03. The minimum atomic E-state index is 0.528. The van der Waals surface area contributed by atoms with Crippen molar-refractivity contribution in [2.75, 3.05) is 5.43 Å². The molecule has 1 N–H and O–H groups in total. The molecule has 0 fully saturated rings. The maximum Gasteiger partial charge on any atom is 0.185 e. The first kappa shape index (κ1) is 14.9. The molecule has 118 valence electrons. The zero-order valence-electron chi connectivity index (χ0n) is 12.2. The highest BCUT2D eigenvalue weighted by Crippen LogP contribution is 2.25. The summed E-state index contributed by atoms with van der Waals surface area (Å²) < 4.78 is 1.60. The Labute approximate surface area is 146 Å². The zero-order chi connectivity index (χ0) is 16.5. The molecule has 0 bridgehead atoms. The van der Waals surface area contributed by atoms with E-state index in [9.17, 15) is 0 Å². The summed E-state index contributed by atoms with van der Waals surface area (Å²) in [5.41, 5.74) is 4.27. The molecule has 0 spiro atoms. The van der Waals surface area contributed by atoms with Gasteiger partial charge in [-0.3, -0.25) is 5.43 Å². The number of halogens is 2. The number of hydrogen-bond donors (Lipinski definition) is 1. The van der Waals surface area contributed by atoms with E-state index in [4.69, 9.17) is 23.2 Å². The molecule has 6 nitrogen and oxygen atoms in total. The molecular formula is C16H10Cl2N6. The van der Waals surface area contributed by atoms with Gasteiger partial charge in [0, 0.05) is 16.3 Å². The Bertz CT molecular complexity index is 1050. The summed E-state index contributed by atoms with van der Waals surface area (Å²) in [6, 6.07) is 13.1. The highest BCUT2D eigenvalue weighted by atomic mass is 35.5. The topological polar surface area (TPSA) is 67.5 Å². The lowest BCUT2D eigenvalue weighted by atomic mass is 10.2. The van der Waals surface area contributed by atoms with E-state index in [2.05, 4.69) is 25.8 Å². The lowest BCUT2D eigenvalue weighted by Crippen LogP contribution is -2.00. The number of fused-ring (bicyclic) bond motifs is 3. The molecule has 4 aromatic rings. The molecule has 2 aromatic carbocycles. The fraction of sp³-hybridized carbons (Fsp3) is 0. The second-order valence-electron chi connectivity index (χ2n) is 5.00. The molecule has 0 saturated carbocycles. The number of benzene rings is 2. The standard InChI is InChI=1S/C16H10Cl2N6/c17-13-6-3-7-14(18)12(13)8-19-21-15-10-4-1-2-5-11(10)16-22-20-9-24(16)23-15/h1-9H,(H,21,23). The van der Waals surface area contributed by atoms with Crippen LogP contribution in [0.4, 0.5) is 5.82 Å². The molecule has 24 heavy (non-hydrogen) atoms. The third kappa shape index (κ3) is 2.55. The van der Waals surface area contributed by atoms with E-state index in [1.54, 1.807) is 35.3 Å². The fourth-order valence-corrected chi connectivity index (χ4v) is 2.90. The molecule has 0 aliphatic heterocycles. The lowest BCUT2D eigenvalue weighted by molar-refractivity contribution is 0.934. The van der Waals surface area contributed by atoms with Crippen molar-refractivity contribution in [2.24, 2.45) is 5.10 Å². The van der Waals surface area contributed by atoms with Crippen LogP contribution in [0.25, 0.3) is 16.4 Å². The van der Waals surface area contributed by atoms with Gasteiger partial charge in [0.05, 0.1) is 16.3 Å². The molecule has 0 radical (unpaired) electrons. The molecule has 2 heterocycles. The molecule has 8 heteroatoms. The van der Waals surface area contributed by atoms with Crippen molar-refractivity contribution < 1.29 is 0 Å². The molecule has 4 rings (SSSR count). The van der Waals surface area contributed by atoms with Crippen LogP contribution in [0.15, 0.2) is 53.9 Å². The van der Waals surface area contributed by atoms with Gasteiger partial charge >= 0.3 is 0 Å². The SMILES string of the molecule is Clc1cccc(Cl)c1C=NNc1nn2cnnc2c2ccccc12. The third-order valence-electron chi connectivity index (χ3n) is 3.53. The normalized spacial score (nSPS) is 11.6. The van der Waals surface area contributed by atoms with Gasteiger partial charge in [0.1, 0.15) is 6.33 Å². The molecule has 0 aliphatic rings. The quantitative estimate of drug-likeness (QED) is 0.444. The first-order valence-corrected chi connectivity index (χ1v) is 7.81. The Hall–Kier alpha value is -2.70. The van der Waals surface area contributed by atoms with Crippen molar-refractivity contribution in [3.8, 4) is 0 Å². The van der Waals surface area contributed by atoms with Gasteiger partial charge < -0.3 is 0 Å². The van der Waals surface area contributed by atoms with E-state index in [1.165, 1.54) is 0 Å². The van der Waals surface area contributed by atoms with Gasteiger partial charge in [-0.1, -0.05) is 53.5 Å². The average molecular weight is 357 g/mol. The molecule has 0 amide bonds. The highest BCUT2D eigenvalue weighted by Gasteiger charge is 2.09. The van der Waals surface area contributed by atoms with E-state index in [-0.39, 0.29) is 0 Å². The van der Waals surface area contributed by atoms with Crippen LogP contribution in [0.3, 0.4) is 0 Å². The first-order valence-electron chi connectivity index (χ1n) is 7.06. The second kappa shape index (κ2) is 6.07. The van der Waals surface area contributed by atoms with Crippen molar-refractivity contribution in [1.82, 2.24) is 19.8 Å². The van der Waals surface area contributed by atoms with Crippen LogP contribution in [0.5, 0.6) is 0 Å². The largest absolute Gasteiger partial charge is 0.259 e. The second-order valence-corrected chi connectivity index (χ2v) is 5.81. The number of hydrogen-bond acceptors (Lipinski definition) is 5. The molecule has 0 atom stereocenters. The summed E-state index contributed by atoms with van der Waals surface area (Å²) in [6.07, 6.45) is 3.11. The lowest BCUT2D eigenvalue weighted by Gasteiger charge is -2.06. The third-order valence-corrected chi connectivity index (χ3v) is 4.18. The Morgan fingerprint density at radius 1 is 1.00 bits per heavy atom. The van der Waals surface area contributed by atoms with Gasteiger partial charge in [-0.05, 0) is 12.1 Å². The van der Waals surface area contributed by atoms with Crippen molar-refractivity contribution in [1.29, 1.82) is 0 Å². The Balaban J connectivity index is 1.75. The minimum absolute atomic E-state index is 0.528. The number of nitrogens with one attached hydrogen (secondary N) is 1. The van der Waals surface area contributed by atoms with E-state index in [0.717, 1.165) is 10.8 Å². The number of anilines is 1. The zero-order valence-corrected chi connectivity index (χ0v) is 13.7. The molecular weight excluding hydrogens is 347 g/mol. The van der Waals surface area contributed by atoms with Crippen LogP contribution in [0.1, 0.15) is 5.56 Å². The monoisotopic (exact) mass is 356 g/mol. The summed E-state index contributed by atoms with van der Waals surface area (Å²) in [4.78, 5) is 0. The van der Waals surface area contributed by atoms with E-state index < -0.39 is 0 Å². The van der Waals surface area contributed by atoms with Crippen molar-refractivity contribution >= 4 is 51.7 Å². The fourth-order valence-electron chi connectivity index (χ4n) is 2.40.